The van der Waals surface area contributed by atoms with Gasteiger partial charge in [0.25, 0.3) is 0 Å². The molecule has 0 fully saturated rings. The van der Waals surface area contributed by atoms with Crippen LogP contribution in [0.15, 0.2) is 63.8 Å². The van der Waals surface area contributed by atoms with Crippen molar-refractivity contribution in [1.82, 2.24) is 0 Å². The summed E-state index contributed by atoms with van der Waals surface area (Å²) >= 11 is 0. The van der Waals surface area contributed by atoms with Crippen molar-refractivity contribution in [1.29, 1.82) is 0 Å². The standard InChI is InChI=1S/C15H14N4O/c1-19(2)15-9-7-14(8-10-15)18-17-13-5-3-12(4-6-13)16-11-20/h3-10H,1-2H3/b18-17+. The number of azo groups is 1. The molecule has 0 unspecified atom stereocenters. The Morgan fingerprint density at radius 2 is 1.25 bits per heavy atom. The summed E-state index contributed by atoms with van der Waals surface area (Å²) in [5.41, 5.74) is 3.14. The van der Waals surface area contributed by atoms with E-state index in [1.807, 2.05) is 43.3 Å². The van der Waals surface area contributed by atoms with Crippen LogP contribution in [0.2, 0.25) is 0 Å². The summed E-state index contributed by atoms with van der Waals surface area (Å²) < 4.78 is 0. The molecule has 0 N–H and O–H groups in total. The maximum atomic E-state index is 10.1. The first-order valence-electron chi connectivity index (χ1n) is 6.06. The molecular weight excluding hydrogens is 252 g/mol. The molecule has 100 valence electrons. The molecule has 0 saturated carbocycles. The number of hydrogen-bond donors (Lipinski definition) is 0. The molecule has 0 aliphatic carbocycles. The summed E-state index contributed by atoms with van der Waals surface area (Å²) in [7, 11) is 3.97. The van der Waals surface area contributed by atoms with E-state index in [1.54, 1.807) is 24.3 Å². The highest BCUT2D eigenvalue weighted by Crippen LogP contribution is 2.22. The molecule has 0 atom stereocenters. The van der Waals surface area contributed by atoms with Crippen molar-refractivity contribution in [2.45, 2.75) is 0 Å². The molecule has 0 heterocycles. The van der Waals surface area contributed by atoms with Crippen LogP contribution in [-0.4, -0.2) is 20.2 Å². The molecule has 0 aromatic heterocycles. The van der Waals surface area contributed by atoms with Crippen LogP contribution in [0.25, 0.3) is 0 Å². The zero-order valence-electron chi connectivity index (χ0n) is 11.3. The average Bonchev–Trinajstić information content (AvgIpc) is 2.47. The fourth-order valence-electron chi connectivity index (χ4n) is 1.58. The summed E-state index contributed by atoms with van der Waals surface area (Å²) in [5, 5.41) is 8.27. The van der Waals surface area contributed by atoms with Crippen molar-refractivity contribution in [3.05, 3.63) is 48.5 Å². The van der Waals surface area contributed by atoms with E-state index in [9.17, 15) is 4.79 Å². The van der Waals surface area contributed by atoms with Crippen LogP contribution in [0.3, 0.4) is 0 Å². The number of isocyanates is 1. The number of rotatable bonds is 4. The lowest BCUT2D eigenvalue weighted by Gasteiger charge is -2.11. The van der Waals surface area contributed by atoms with Crippen molar-refractivity contribution in [3.63, 3.8) is 0 Å². The van der Waals surface area contributed by atoms with Crippen LogP contribution in [0, 0.1) is 0 Å². The lowest BCUT2D eigenvalue weighted by atomic mass is 10.3. The number of anilines is 1. The van der Waals surface area contributed by atoms with Gasteiger partial charge in [-0.3, -0.25) is 0 Å². The van der Waals surface area contributed by atoms with Crippen molar-refractivity contribution >= 4 is 28.8 Å². The van der Waals surface area contributed by atoms with Crippen molar-refractivity contribution in [3.8, 4) is 0 Å². The Bertz CT molecular complexity index is 639. The minimum absolute atomic E-state index is 0.550. The zero-order valence-corrected chi connectivity index (χ0v) is 11.3. The molecule has 0 bridgehead atoms. The number of carbonyl (C=O) groups excluding carboxylic acids is 1. The average molecular weight is 266 g/mol. The maximum absolute atomic E-state index is 10.1. The molecule has 0 amide bonds. The molecule has 2 rings (SSSR count). The zero-order chi connectivity index (χ0) is 14.4. The topological polar surface area (TPSA) is 57.4 Å². The molecule has 20 heavy (non-hydrogen) atoms. The van der Waals surface area contributed by atoms with Gasteiger partial charge in [-0.15, -0.1) is 0 Å². The second kappa shape index (κ2) is 6.41. The monoisotopic (exact) mass is 266 g/mol. The van der Waals surface area contributed by atoms with Gasteiger partial charge in [0.2, 0.25) is 6.08 Å². The fraction of sp³-hybridized carbons (Fsp3) is 0.133. The van der Waals surface area contributed by atoms with E-state index in [2.05, 4.69) is 15.2 Å². The number of hydrogen-bond acceptors (Lipinski definition) is 5. The predicted octanol–water partition coefficient (Wildman–Crippen LogP) is 4.14. The minimum atomic E-state index is 0.550. The Morgan fingerprint density at radius 1 is 0.800 bits per heavy atom. The summed E-state index contributed by atoms with van der Waals surface area (Å²) in [4.78, 5) is 15.6. The van der Waals surface area contributed by atoms with Gasteiger partial charge in [0, 0.05) is 19.8 Å². The Kier molecular flexibility index (Phi) is 4.37. The highest BCUT2D eigenvalue weighted by Gasteiger charge is 1.95. The van der Waals surface area contributed by atoms with Gasteiger partial charge in [0.1, 0.15) is 0 Å². The van der Waals surface area contributed by atoms with Gasteiger partial charge < -0.3 is 4.90 Å². The van der Waals surface area contributed by atoms with Gasteiger partial charge in [0.15, 0.2) is 0 Å². The third-order valence-corrected chi connectivity index (χ3v) is 2.67. The van der Waals surface area contributed by atoms with Crippen LogP contribution >= 0.6 is 0 Å². The van der Waals surface area contributed by atoms with Gasteiger partial charge in [-0.25, -0.2) is 4.79 Å². The van der Waals surface area contributed by atoms with Crippen molar-refractivity contribution < 1.29 is 4.79 Å². The quantitative estimate of drug-likeness (QED) is 0.474. The normalized spacial score (nSPS) is 10.3. The second-order valence-corrected chi connectivity index (χ2v) is 4.33. The number of aliphatic imine (C=N–C) groups is 1. The Labute approximate surface area is 117 Å². The Balaban J connectivity index is 2.10. The molecule has 2 aromatic rings. The summed E-state index contributed by atoms with van der Waals surface area (Å²) in [5.74, 6) is 0. The largest absolute Gasteiger partial charge is 0.378 e. The van der Waals surface area contributed by atoms with E-state index in [-0.39, 0.29) is 0 Å². The lowest BCUT2D eigenvalue weighted by Crippen LogP contribution is -2.07. The summed E-state index contributed by atoms with van der Waals surface area (Å²) in [6, 6.07) is 14.6. The van der Waals surface area contributed by atoms with E-state index < -0.39 is 0 Å². The van der Waals surface area contributed by atoms with Crippen LogP contribution in [0.5, 0.6) is 0 Å². The molecule has 2 aromatic carbocycles. The molecule has 5 nitrogen and oxygen atoms in total. The van der Waals surface area contributed by atoms with Crippen LogP contribution in [-0.2, 0) is 4.79 Å². The number of benzene rings is 2. The highest BCUT2D eigenvalue weighted by molar-refractivity contribution is 5.54. The van der Waals surface area contributed by atoms with E-state index in [0.717, 1.165) is 11.4 Å². The molecular formula is C15H14N4O. The van der Waals surface area contributed by atoms with E-state index in [0.29, 0.717) is 11.4 Å². The first kappa shape index (κ1) is 13.6. The minimum Gasteiger partial charge on any atom is -0.378 e. The van der Waals surface area contributed by atoms with Gasteiger partial charge in [-0.05, 0) is 48.5 Å². The van der Waals surface area contributed by atoms with E-state index in [1.165, 1.54) is 6.08 Å². The molecule has 0 radical (unpaired) electrons. The predicted molar refractivity (Wildman–Crippen MR) is 79.2 cm³/mol. The Hall–Kier alpha value is -2.78. The molecule has 0 aliphatic rings. The SMILES string of the molecule is CN(C)c1ccc(/N=N/c2ccc(N=C=O)cc2)cc1. The molecule has 0 saturated heterocycles. The lowest BCUT2D eigenvalue weighted by molar-refractivity contribution is 0.565. The third kappa shape index (κ3) is 3.60. The number of nitrogens with zero attached hydrogens (tertiary/aromatic N) is 4. The fourth-order valence-corrected chi connectivity index (χ4v) is 1.58. The molecule has 0 spiro atoms. The van der Waals surface area contributed by atoms with Gasteiger partial charge in [0.05, 0.1) is 17.1 Å². The summed E-state index contributed by atoms with van der Waals surface area (Å²) in [6.07, 6.45) is 1.49. The summed E-state index contributed by atoms with van der Waals surface area (Å²) in [6.45, 7) is 0. The van der Waals surface area contributed by atoms with Crippen LogP contribution in [0.1, 0.15) is 0 Å². The van der Waals surface area contributed by atoms with Crippen molar-refractivity contribution in [2.75, 3.05) is 19.0 Å². The van der Waals surface area contributed by atoms with Gasteiger partial charge in [-0.1, -0.05) is 0 Å². The van der Waals surface area contributed by atoms with E-state index in [4.69, 9.17) is 0 Å². The highest BCUT2D eigenvalue weighted by atomic mass is 16.1. The molecule has 0 aliphatic heterocycles. The van der Waals surface area contributed by atoms with Gasteiger partial charge in [-0.2, -0.15) is 15.2 Å². The van der Waals surface area contributed by atoms with E-state index >= 15 is 0 Å². The maximum Gasteiger partial charge on any atom is 0.240 e. The first-order chi connectivity index (χ1) is 9.69. The van der Waals surface area contributed by atoms with Crippen molar-refractivity contribution in [2.24, 2.45) is 15.2 Å². The van der Waals surface area contributed by atoms with Crippen LogP contribution < -0.4 is 4.90 Å². The second-order valence-electron chi connectivity index (χ2n) is 4.33. The third-order valence-electron chi connectivity index (χ3n) is 2.67. The first-order valence-corrected chi connectivity index (χ1v) is 6.06. The smallest absolute Gasteiger partial charge is 0.240 e. The molecule has 5 heteroatoms. The van der Waals surface area contributed by atoms with Gasteiger partial charge >= 0.3 is 0 Å². The van der Waals surface area contributed by atoms with Crippen LogP contribution in [0.4, 0.5) is 22.7 Å². The Morgan fingerprint density at radius 3 is 1.70 bits per heavy atom.